The summed E-state index contributed by atoms with van der Waals surface area (Å²) in [6.45, 7) is 8.25. The van der Waals surface area contributed by atoms with E-state index in [4.69, 9.17) is 24.9 Å². The molecule has 1 aliphatic heterocycles. The third-order valence-electron chi connectivity index (χ3n) is 5.82. The molecule has 0 aromatic rings. The van der Waals surface area contributed by atoms with Crippen molar-refractivity contribution in [2.24, 2.45) is 11.3 Å². The van der Waals surface area contributed by atoms with E-state index in [1.165, 1.54) is 4.90 Å². The monoisotopic (exact) mass is 683 g/mol. The lowest BCUT2D eigenvalue weighted by molar-refractivity contribution is -0.330. The van der Waals surface area contributed by atoms with Gasteiger partial charge >= 0.3 is 12.0 Å². The molecule has 2 aliphatic rings. The van der Waals surface area contributed by atoms with Crippen molar-refractivity contribution < 1.29 is 28.6 Å². The summed E-state index contributed by atoms with van der Waals surface area (Å²) in [4.78, 5) is 31.3. The summed E-state index contributed by atoms with van der Waals surface area (Å²) in [7, 11) is 3.38. The largest absolute Gasteiger partial charge is 0.460 e. The van der Waals surface area contributed by atoms with Crippen molar-refractivity contribution in [2.45, 2.75) is 96.4 Å². The number of nitrogens with two attached hydrogens (primary N) is 1. The molecule has 2 rings (SSSR count). The Morgan fingerprint density at radius 3 is 2.41 bits per heavy atom. The standard InChI is InChI=1S/C21H39N3O6.I2/c1-20(2)13-27-21(3,4)29-18(20)16(30-22)11-12-17(25)28-15-10-8-7-9-14(15)23-19(26)24(5)6;1-2/h14-16,18H,7-13,22H2,1-6H3,(H,23,26);. The molecule has 1 heterocycles. The molecular weight excluding hydrogens is 644 g/mol. The van der Waals surface area contributed by atoms with E-state index in [1.54, 1.807) is 14.1 Å². The molecule has 32 heavy (non-hydrogen) atoms. The Balaban J connectivity index is 0.00000249. The van der Waals surface area contributed by atoms with Gasteiger partial charge in [-0.25, -0.2) is 10.7 Å². The van der Waals surface area contributed by atoms with Crippen molar-refractivity contribution >= 4 is 49.2 Å². The number of carbonyl (C=O) groups excluding carboxylic acids is 2. The Labute approximate surface area is 215 Å². The lowest BCUT2D eigenvalue weighted by Crippen LogP contribution is -2.56. The maximum atomic E-state index is 12.6. The molecule has 3 N–H and O–H groups in total. The summed E-state index contributed by atoms with van der Waals surface area (Å²) in [6.07, 6.45) is 2.94. The van der Waals surface area contributed by atoms with Gasteiger partial charge < -0.3 is 24.4 Å². The SMILES string of the molecule is CN(C)C(=O)NC1CCCCC1OC(=O)CCC(ON)C1OC(C)(C)OCC1(C)C.II. The Morgan fingerprint density at radius 2 is 1.81 bits per heavy atom. The summed E-state index contributed by atoms with van der Waals surface area (Å²) >= 11 is 4.24. The minimum atomic E-state index is -0.739. The minimum Gasteiger partial charge on any atom is -0.460 e. The molecule has 4 unspecified atom stereocenters. The Hall–Kier alpha value is 0.0400. The van der Waals surface area contributed by atoms with Crippen molar-refractivity contribution in [1.29, 1.82) is 0 Å². The summed E-state index contributed by atoms with van der Waals surface area (Å²) in [5.74, 6) is 4.50. The molecule has 1 saturated carbocycles. The number of urea groups is 1. The van der Waals surface area contributed by atoms with E-state index in [0.29, 0.717) is 13.0 Å². The van der Waals surface area contributed by atoms with Crippen molar-refractivity contribution in [3.05, 3.63) is 0 Å². The normalized spacial score (nSPS) is 27.3. The molecule has 9 nitrogen and oxygen atoms in total. The molecule has 0 aromatic heterocycles. The molecule has 4 atom stereocenters. The van der Waals surface area contributed by atoms with E-state index in [0.717, 1.165) is 25.7 Å². The lowest BCUT2D eigenvalue weighted by atomic mass is 9.81. The van der Waals surface area contributed by atoms with Crippen LogP contribution in [-0.4, -0.2) is 67.7 Å². The van der Waals surface area contributed by atoms with Crippen LogP contribution in [-0.2, 0) is 23.8 Å². The predicted molar refractivity (Wildman–Crippen MR) is 139 cm³/mol. The number of nitrogens with one attached hydrogen (secondary N) is 1. The van der Waals surface area contributed by atoms with Crippen LogP contribution >= 0.6 is 37.2 Å². The first-order chi connectivity index (χ1) is 14.9. The molecule has 2 amide bonds. The molecule has 0 bridgehead atoms. The first-order valence-electron chi connectivity index (χ1n) is 10.9. The van der Waals surface area contributed by atoms with E-state index in [9.17, 15) is 9.59 Å². The maximum absolute atomic E-state index is 12.6. The maximum Gasteiger partial charge on any atom is 0.317 e. The molecule has 0 aromatic carbocycles. The Bertz CT molecular complexity index is 606. The molecule has 1 saturated heterocycles. The lowest BCUT2D eigenvalue weighted by Gasteiger charge is -2.48. The van der Waals surface area contributed by atoms with Gasteiger partial charge in [-0.3, -0.25) is 9.63 Å². The molecule has 0 radical (unpaired) electrons. The predicted octanol–water partition coefficient (Wildman–Crippen LogP) is 4.10. The second-order valence-corrected chi connectivity index (χ2v) is 9.69. The fourth-order valence-corrected chi connectivity index (χ4v) is 3.99. The van der Waals surface area contributed by atoms with Crippen LogP contribution in [0.1, 0.15) is 66.2 Å². The van der Waals surface area contributed by atoms with E-state index < -0.39 is 11.9 Å². The second-order valence-electron chi connectivity index (χ2n) is 9.69. The zero-order valence-electron chi connectivity index (χ0n) is 20.0. The third-order valence-corrected chi connectivity index (χ3v) is 5.82. The fourth-order valence-electron chi connectivity index (χ4n) is 3.99. The quantitative estimate of drug-likeness (QED) is 0.236. The Kier molecular flexibility index (Phi) is 13.0. The minimum absolute atomic E-state index is 0.157. The van der Waals surface area contributed by atoms with Gasteiger partial charge in [-0.2, -0.15) is 0 Å². The summed E-state index contributed by atoms with van der Waals surface area (Å²) in [6, 6.07) is -0.348. The van der Waals surface area contributed by atoms with Crippen LogP contribution in [0.2, 0.25) is 0 Å². The van der Waals surface area contributed by atoms with E-state index in [-0.39, 0.29) is 42.1 Å². The average molecular weight is 683 g/mol. The van der Waals surface area contributed by atoms with Crippen LogP contribution in [0.3, 0.4) is 0 Å². The molecule has 0 spiro atoms. The zero-order valence-corrected chi connectivity index (χ0v) is 24.3. The summed E-state index contributed by atoms with van der Waals surface area (Å²) < 4.78 is 17.5. The van der Waals surface area contributed by atoms with E-state index in [1.807, 2.05) is 27.7 Å². The van der Waals surface area contributed by atoms with Crippen molar-refractivity contribution in [3.8, 4) is 0 Å². The number of hydrogen-bond acceptors (Lipinski definition) is 7. The number of carbonyl (C=O) groups is 2. The van der Waals surface area contributed by atoms with Gasteiger partial charge in [-0.15, -0.1) is 0 Å². The third kappa shape index (κ3) is 9.35. The highest BCUT2D eigenvalue weighted by Crippen LogP contribution is 2.38. The Morgan fingerprint density at radius 1 is 1.19 bits per heavy atom. The fraction of sp³-hybridized carbons (Fsp3) is 0.905. The van der Waals surface area contributed by atoms with Crippen LogP contribution in [0.15, 0.2) is 0 Å². The van der Waals surface area contributed by atoms with Crippen LogP contribution in [0.25, 0.3) is 0 Å². The van der Waals surface area contributed by atoms with Gasteiger partial charge in [0.2, 0.25) is 0 Å². The number of esters is 1. The molecule has 1 aliphatic carbocycles. The molecular formula is C21H39I2N3O6. The molecule has 11 heteroatoms. The number of hydrogen-bond donors (Lipinski definition) is 2. The van der Waals surface area contributed by atoms with E-state index in [2.05, 4.69) is 42.5 Å². The van der Waals surface area contributed by atoms with Gasteiger partial charge in [0.05, 0.1) is 18.8 Å². The highest BCUT2D eigenvalue weighted by atomic mass is 128. The van der Waals surface area contributed by atoms with Gasteiger partial charge in [0.1, 0.15) is 12.2 Å². The van der Waals surface area contributed by atoms with Crippen LogP contribution in [0, 0.1) is 5.41 Å². The van der Waals surface area contributed by atoms with Crippen LogP contribution < -0.4 is 11.2 Å². The average Bonchev–Trinajstić information content (AvgIpc) is 2.74. The number of halogens is 2. The highest BCUT2D eigenvalue weighted by molar-refractivity contribution is 15.0. The number of amides is 2. The topological polar surface area (TPSA) is 112 Å². The molecule has 188 valence electrons. The first-order valence-corrected chi connectivity index (χ1v) is 17.2. The second kappa shape index (κ2) is 13.8. The first kappa shape index (κ1) is 30.1. The smallest absolute Gasteiger partial charge is 0.317 e. The van der Waals surface area contributed by atoms with Gasteiger partial charge in [0, 0.05) is 63.2 Å². The number of nitrogens with zero attached hydrogens (tertiary/aromatic N) is 1. The van der Waals surface area contributed by atoms with Crippen LogP contribution in [0.5, 0.6) is 0 Å². The van der Waals surface area contributed by atoms with Gasteiger partial charge in [-0.05, 0) is 39.5 Å². The van der Waals surface area contributed by atoms with Gasteiger partial charge in [-0.1, -0.05) is 20.3 Å². The van der Waals surface area contributed by atoms with Crippen molar-refractivity contribution in [3.63, 3.8) is 0 Å². The van der Waals surface area contributed by atoms with Gasteiger partial charge in [0.15, 0.2) is 5.79 Å². The van der Waals surface area contributed by atoms with Crippen molar-refractivity contribution in [1.82, 2.24) is 10.2 Å². The van der Waals surface area contributed by atoms with Crippen molar-refractivity contribution in [2.75, 3.05) is 20.7 Å². The van der Waals surface area contributed by atoms with Crippen LogP contribution in [0.4, 0.5) is 4.79 Å². The number of rotatable bonds is 7. The molecule has 2 fully saturated rings. The number of ether oxygens (including phenoxy) is 3. The summed E-state index contributed by atoms with van der Waals surface area (Å²) in [5, 5.41) is 2.95. The zero-order chi connectivity index (χ0) is 24.5. The summed E-state index contributed by atoms with van der Waals surface area (Å²) in [5.41, 5.74) is -0.311. The highest BCUT2D eigenvalue weighted by Gasteiger charge is 2.46. The van der Waals surface area contributed by atoms with Gasteiger partial charge in [0.25, 0.3) is 0 Å². The van der Waals surface area contributed by atoms with E-state index >= 15 is 0 Å².